The van der Waals surface area contributed by atoms with Crippen molar-refractivity contribution in [3.8, 4) is 0 Å². The highest BCUT2D eigenvalue weighted by atomic mass is 32.2. The van der Waals surface area contributed by atoms with Crippen molar-refractivity contribution in [3.05, 3.63) is 35.7 Å². The standard InChI is InChI=1S/C10H11NO2S/c1-8(2)14(12,13)10-6-4-9(11-3)5-7-10/h4-8H,1-2H3. The van der Waals surface area contributed by atoms with Gasteiger partial charge in [-0.15, -0.1) is 0 Å². The van der Waals surface area contributed by atoms with Gasteiger partial charge in [-0.25, -0.2) is 13.3 Å². The van der Waals surface area contributed by atoms with E-state index in [1.54, 1.807) is 13.8 Å². The summed E-state index contributed by atoms with van der Waals surface area (Å²) in [6.45, 7) is 10.0. The molecule has 0 spiro atoms. The quantitative estimate of drug-likeness (QED) is 0.701. The summed E-state index contributed by atoms with van der Waals surface area (Å²) in [7, 11) is -3.20. The lowest BCUT2D eigenvalue weighted by Crippen LogP contribution is -2.13. The van der Waals surface area contributed by atoms with E-state index in [0.29, 0.717) is 5.69 Å². The summed E-state index contributed by atoms with van der Waals surface area (Å²) in [5.41, 5.74) is 0.452. The average molecular weight is 209 g/mol. The summed E-state index contributed by atoms with van der Waals surface area (Å²) in [6, 6.07) is 5.98. The van der Waals surface area contributed by atoms with Gasteiger partial charge in [0.15, 0.2) is 15.5 Å². The van der Waals surface area contributed by atoms with Gasteiger partial charge in [-0.05, 0) is 13.8 Å². The Morgan fingerprint density at radius 3 is 2.07 bits per heavy atom. The summed E-state index contributed by atoms with van der Waals surface area (Å²) in [5.74, 6) is 0. The van der Waals surface area contributed by atoms with Crippen LogP contribution in [0.4, 0.5) is 5.69 Å². The molecule has 0 heterocycles. The normalized spacial score (nSPS) is 11.3. The van der Waals surface area contributed by atoms with Gasteiger partial charge in [0.1, 0.15) is 0 Å². The van der Waals surface area contributed by atoms with E-state index in [1.165, 1.54) is 24.3 Å². The second-order valence-corrected chi connectivity index (χ2v) is 5.70. The van der Waals surface area contributed by atoms with Crippen LogP contribution in [0.1, 0.15) is 13.8 Å². The summed E-state index contributed by atoms with van der Waals surface area (Å²) in [4.78, 5) is 3.47. The van der Waals surface area contributed by atoms with Crippen LogP contribution in [0.3, 0.4) is 0 Å². The lowest BCUT2D eigenvalue weighted by atomic mass is 10.3. The fourth-order valence-electron chi connectivity index (χ4n) is 0.983. The third kappa shape index (κ3) is 1.94. The second kappa shape index (κ2) is 3.81. The molecule has 0 unspecified atom stereocenters. The number of hydrogen-bond donors (Lipinski definition) is 0. The monoisotopic (exact) mass is 209 g/mol. The zero-order chi connectivity index (χ0) is 10.8. The highest BCUT2D eigenvalue weighted by molar-refractivity contribution is 7.92. The van der Waals surface area contributed by atoms with Crippen LogP contribution in [-0.4, -0.2) is 13.7 Å². The smallest absolute Gasteiger partial charge is 0.187 e. The summed E-state index contributed by atoms with van der Waals surface area (Å²) < 4.78 is 23.3. The molecule has 0 saturated heterocycles. The Morgan fingerprint density at radius 2 is 1.71 bits per heavy atom. The summed E-state index contributed by atoms with van der Waals surface area (Å²) in [6.07, 6.45) is 0. The van der Waals surface area contributed by atoms with Gasteiger partial charge in [0.05, 0.1) is 16.7 Å². The van der Waals surface area contributed by atoms with E-state index in [4.69, 9.17) is 6.57 Å². The number of benzene rings is 1. The predicted octanol–water partition coefficient (Wildman–Crippen LogP) is 2.42. The molecule has 0 saturated carbocycles. The minimum Gasteiger partial charge on any atom is -0.238 e. The molecule has 14 heavy (non-hydrogen) atoms. The van der Waals surface area contributed by atoms with Crippen molar-refractivity contribution in [3.63, 3.8) is 0 Å². The third-order valence-electron chi connectivity index (χ3n) is 1.91. The molecular formula is C10H11NO2S. The Balaban J connectivity index is 3.18. The molecule has 0 aliphatic carbocycles. The topological polar surface area (TPSA) is 38.5 Å². The van der Waals surface area contributed by atoms with E-state index in [0.717, 1.165) is 0 Å². The van der Waals surface area contributed by atoms with Gasteiger partial charge >= 0.3 is 0 Å². The van der Waals surface area contributed by atoms with Crippen molar-refractivity contribution in [1.82, 2.24) is 0 Å². The number of hydrogen-bond acceptors (Lipinski definition) is 2. The van der Waals surface area contributed by atoms with E-state index < -0.39 is 15.1 Å². The van der Waals surface area contributed by atoms with Crippen molar-refractivity contribution >= 4 is 15.5 Å². The number of rotatable bonds is 2. The van der Waals surface area contributed by atoms with Crippen LogP contribution in [0.2, 0.25) is 0 Å². The zero-order valence-electron chi connectivity index (χ0n) is 8.06. The van der Waals surface area contributed by atoms with E-state index >= 15 is 0 Å². The average Bonchev–Trinajstić information content (AvgIpc) is 2.17. The van der Waals surface area contributed by atoms with Crippen LogP contribution >= 0.6 is 0 Å². The Kier molecular flexibility index (Phi) is 2.92. The lowest BCUT2D eigenvalue weighted by Gasteiger charge is -2.06. The van der Waals surface area contributed by atoms with Gasteiger partial charge < -0.3 is 0 Å². The van der Waals surface area contributed by atoms with Crippen LogP contribution < -0.4 is 0 Å². The molecular weight excluding hydrogens is 198 g/mol. The van der Waals surface area contributed by atoms with Crippen molar-refractivity contribution < 1.29 is 8.42 Å². The molecule has 74 valence electrons. The van der Waals surface area contributed by atoms with Crippen molar-refractivity contribution in [1.29, 1.82) is 0 Å². The summed E-state index contributed by atoms with van der Waals surface area (Å²) >= 11 is 0. The molecule has 0 aromatic heterocycles. The highest BCUT2D eigenvalue weighted by Crippen LogP contribution is 2.19. The highest BCUT2D eigenvalue weighted by Gasteiger charge is 2.18. The van der Waals surface area contributed by atoms with Gasteiger partial charge in [-0.3, -0.25) is 0 Å². The molecule has 3 nitrogen and oxygen atoms in total. The molecule has 0 amide bonds. The molecule has 0 radical (unpaired) electrons. The Bertz CT molecular complexity index is 452. The second-order valence-electron chi connectivity index (χ2n) is 3.20. The fraction of sp³-hybridized carbons (Fsp3) is 0.300. The summed E-state index contributed by atoms with van der Waals surface area (Å²) in [5, 5.41) is -0.429. The van der Waals surface area contributed by atoms with Crippen molar-refractivity contribution in [2.45, 2.75) is 24.0 Å². The largest absolute Gasteiger partial charge is 0.238 e. The molecule has 0 aliphatic heterocycles. The van der Waals surface area contributed by atoms with Gasteiger partial charge in [-0.1, -0.05) is 24.3 Å². The van der Waals surface area contributed by atoms with E-state index in [1.807, 2.05) is 0 Å². The van der Waals surface area contributed by atoms with Crippen molar-refractivity contribution in [2.75, 3.05) is 0 Å². The van der Waals surface area contributed by atoms with Crippen LogP contribution in [0.15, 0.2) is 29.2 Å². The molecule has 1 aromatic rings. The minimum absolute atomic E-state index is 0.278. The first kappa shape index (κ1) is 10.7. The maximum atomic E-state index is 11.7. The lowest BCUT2D eigenvalue weighted by molar-refractivity contribution is 0.587. The molecule has 0 fully saturated rings. The molecule has 4 heteroatoms. The number of sulfone groups is 1. The maximum absolute atomic E-state index is 11.7. The van der Waals surface area contributed by atoms with Crippen LogP contribution in [0, 0.1) is 6.57 Å². The molecule has 0 aliphatic rings. The SMILES string of the molecule is [C-]#[N+]c1ccc(S(=O)(=O)C(C)C)cc1. The minimum atomic E-state index is -3.20. The molecule has 0 bridgehead atoms. The van der Waals surface area contributed by atoms with Gasteiger partial charge in [-0.2, -0.15) is 0 Å². The van der Waals surface area contributed by atoms with Gasteiger partial charge in [0.2, 0.25) is 0 Å². The molecule has 0 N–H and O–H groups in total. The van der Waals surface area contributed by atoms with Crippen molar-refractivity contribution in [2.24, 2.45) is 0 Å². The number of nitrogens with zero attached hydrogens (tertiary/aromatic N) is 1. The maximum Gasteiger partial charge on any atom is 0.187 e. The van der Waals surface area contributed by atoms with Crippen LogP contribution in [0.5, 0.6) is 0 Å². The van der Waals surface area contributed by atoms with Gasteiger partial charge in [0, 0.05) is 0 Å². The molecule has 1 rings (SSSR count). The fourth-order valence-corrected chi connectivity index (χ4v) is 2.04. The van der Waals surface area contributed by atoms with E-state index in [2.05, 4.69) is 4.85 Å². The molecule has 0 atom stereocenters. The van der Waals surface area contributed by atoms with Gasteiger partial charge in [0.25, 0.3) is 0 Å². The Hall–Kier alpha value is -1.34. The van der Waals surface area contributed by atoms with E-state index in [9.17, 15) is 8.42 Å². The first-order valence-electron chi connectivity index (χ1n) is 4.20. The first-order chi connectivity index (χ1) is 6.48. The first-order valence-corrected chi connectivity index (χ1v) is 5.74. The molecule has 1 aromatic carbocycles. The van der Waals surface area contributed by atoms with Crippen LogP contribution in [-0.2, 0) is 9.84 Å². The van der Waals surface area contributed by atoms with Crippen LogP contribution in [0.25, 0.3) is 4.85 Å². The van der Waals surface area contributed by atoms with E-state index in [-0.39, 0.29) is 4.90 Å². The zero-order valence-corrected chi connectivity index (χ0v) is 8.88. The Morgan fingerprint density at radius 1 is 1.21 bits per heavy atom. The Labute approximate surface area is 84.1 Å². The predicted molar refractivity (Wildman–Crippen MR) is 55.0 cm³/mol. The third-order valence-corrected chi connectivity index (χ3v) is 4.09.